The van der Waals surface area contributed by atoms with Gasteiger partial charge in [0.15, 0.2) is 0 Å². The number of amides is 1. The van der Waals surface area contributed by atoms with E-state index in [4.69, 9.17) is 23.2 Å². The first kappa shape index (κ1) is 12.7. The number of halogens is 2. The van der Waals surface area contributed by atoms with E-state index in [1.165, 1.54) is 0 Å². The molecule has 0 radical (unpaired) electrons. The van der Waals surface area contributed by atoms with E-state index in [2.05, 4.69) is 0 Å². The van der Waals surface area contributed by atoms with Crippen LogP contribution in [0.2, 0.25) is 5.02 Å². The second-order valence-electron chi connectivity index (χ2n) is 4.43. The van der Waals surface area contributed by atoms with E-state index in [-0.39, 0.29) is 11.3 Å². The molecule has 1 aliphatic heterocycles. The minimum atomic E-state index is 0.0635. The van der Waals surface area contributed by atoms with Gasteiger partial charge in [0.1, 0.15) is 0 Å². The normalized spacial score (nSPS) is 17.2. The number of benzene rings is 1. The highest BCUT2D eigenvalue weighted by atomic mass is 35.5. The molecule has 1 aromatic carbocycles. The van der Waals surface area contributed by atoms with E-state index in [9.17, 15) is 4.79 Å². The zero-order valence-corrected chi connectivity index (χ0v) is 11.3. The van der Waals surface area contributed by atoms with E-state index >= 15 is 0 Å². The van der Waals surface area contributed by atoms with Crippen LogP contribution in [0.3, 0.4) is 0 Å². The minimum Gasteiger partial charge on any atom is -0.339 e. The zero-order valence-electron chi connectivity index (χ0n) is 9.75. The van der Waals surface area contributed by atoms with Gasteiger partial charge in [-0.3, -0.25) is 4.79 Å². The Balaban J connectivity index is 2.16. The molecular formula is C13H15Cl2NO. The Labute approximate surface area is 112 Å². The number of carbonyl (C=O) groups is 1. The number of carbonyl (C=O) groups excluding carboxylic acids is 1. The summed E-state index contributed by atoms with van der Waals surface area (Å²) in [4.78, 5) is 14.2. The Hall–Kier alpha value is -0.730. The summed E-state index contributed by atoms with van der Waals surface area (Å²) in [5.41, 5.74) is 1.66. The van der Waals surface area contributed by atoms with Crippen LogP contribution in [0.4, 0.5) is 0 Å². The first-order valence-corrected chi connectivity index (χ1v) is 6.59. The van der Waals surface area contributed by atoms with Gasteiger partial charge >= 0.3 is 0 Å². The van der Waals surface area contributed by atoms with Crippen LogP contribution in [0.5, 0.6) is 0 Å². The number of nitrogens with zero attached hydrogens (tertiary/aromatic N) is 1. The predicted octanol–water partition coefficient (Wildman–Crippen LogP) is 3.49. The van der Waals surface area contributed by atoms with Gasteiger partial charge < -0.3 is 4.90 Å². The summed E-state index contributed by atoms with van der Waals surface area (Å²) in [5.74, 6) is 0.0635. The Morgan fingerprint density at radius 2 is 2.00 bits per heavy atom. The second kappa shape index (κ2) is 5.28. The molecule has 2 nitrogen and oxygen atoms in total. The molecule has 0 aliphatic carbocycles. The summed E-state index contributed by atoms with van der Waals surface area (Å²) >= 11 is 12.0. The Kier molecular flexibility index (Phi) is 3.95. The summed E-state index contributed by atoms with van der Waals surface area (Å²) in [6.07, 6.45) is 1.74. The van der Waals surface area contributed by atoms with Crippen molar-refractivity contribution in [3.8, 4) is 0 Å². The Bertz CT molecular complexity index is 425. The first-order valence-electron chi connectivity index (χ1n) is 5.77. The maximum atomic E-state index is 12.3. The third-order valence-corrected chi connectivity index (χ3v) is 3.81. The van der Waals surface area contributed by atoms with Crippen molar-refractivity contribution in [1.82, 2.24) is 4.90 Å². The van der Waals surface area contributed by atoms with Gasteiger partial charge in [-0.1, -0.05) is 17.7 Å². The highest BCUT2D eigenvalue weighted by Gasteiger charge is 2.23. The van der Waals surface area contributed by atoms with Gasteiger partial charge in [-0.05, 0) is 37.5 Å². The van der Waals surface area contributed by atoms with Crippen LogP contribution in [-0.2, 0) is 0 Å². The van der Waals surface area contributed by atoms with Crippen molar-refractivity contribution < 1.29 is 4.79 Å². The number of piperidine rings is 1. The monoisotopic (exact) mass is 271 g/mol. The molecule has 2 rings (SSSR count). The van der Waals surface area contributed by atoms with Gasteiger partial charge in [-0.25, -0.2) is 0 Å². The second-order valence-corrected chi connectivity index (χ2v) is 5.48. The maximum Gasteiger partial charge on any atom is 0.254 e. The first-order chi connectivity index (χ1) is 8.08. The van der Waals surface area contributed by atoms with Gasteiger partial charge in [0.25, 0.3) is 5.91 Å². The van der Waals surface area contributed by atoms with Crippen molar-refractivity contribution in [1.29, 1.82) is 0 Å². The van der Waals surface area contributed by atoms with Crippen LogP contribution < -0.4 is 0 Å². The molecule has 92 valence electrons. The Morgan fingerprint density at radius 3 is 2.65 bits per heavy atom. The minimum absolute atomic E-state index is 0.0635. The van der Waals surface area contributed by atoms with E-state index < -0.39 is 0 Å². The van der Waals surface area contributed by atoms with Gasteiger partial charge in [0.2, 0.25) is 0 Å². The highest BCUT2D eigenvalue weighted by Crippen LogP contribution is 2.21. The SMILES string of the molecule is Cc1ccc(Cl)cc1C(=O)N1CCC(Cl)CC1. The lowest BCUT2D eigenvalue weighted by Crippen LogP contribution is -2.39. The molecule has 1 saturated heterocycles. The number of alkyl halides is 1. The largest absolute Gasteiger partial charge is 0.339 e. The number of hydrogen-bond acceptors (Lipinski definition) is 1. The van der Waals surface area contributed by atoms with Gasteiger partial charge in [-0.2, -0.15) is 0 Å². The van der Waals surface area contributed by atoms with Gasteiger partial charge in [0.05, 0.1) is 0 Å². The standard InChI is InChI=1S/C13H15Cl2NO/c1-9-2-3-11(15)8-12(9)13(17)16-6-4-10(14)5-7-16/h2-3,8,10H,4-7H2,1H3. The molecule has 4 heteroatoms. The van der Waals surface area contributed by atoms with Crippen LogP contribution >= 0.6 is 23.2 Å². The van der Waals surface area contributed by atoms with Gasteiger partial charge in [0, 0.05) is 29.1 Å². The molecule has 0 saturated carbocycles. The summed E-state index contributed by atoms with van der Waals surface area (Å²) in [6.45, 7) is 3.40. The zero-order chi connectivity index (χ0) is 12.4. The molecule has 1 aromatic rings. The average Bonchev–Trinajstić information content (AvgIpc) is 2.32. The summed E-state index contributed by atoms with van der Waals surface area (Å²) in [7, 11) is 0. The molecule has 0 spiro atoms. The van der Waals surface area contributed by atoms with Crippen molar-refractivity contribution in [2.75, 3.05) is 13.1 Å². The number of hydrogen-bond donors (Lipinski definition) is 0. The van der Waals surface area contributed by atoms with Gasteiger partial charge in [-0.15, -0.1) is 11.6 Å². The van der Waals surface area contributed by atoms with Crippen LogP contribution in [0.15, 0.2) is 18.2 Å². The third-order valence-electron chi connectivity index (χ3n) is 3.14. The number of aryl methyl sites for hydroxylation is 1. The summed E-state index contributed by atoms with van der Waals surface area (Å²) in [5, 5.41) is 0.811. The summed E-state index contributed by atoms with van der Waals surface area (Å²) < 4.78 is 0. The molecule has 17 heavy (non-hydrogen) atoms. The van der Waals surface area contributed by atoms with Crippen LogP contribution in [-0.4, -0.2) is 29.3 Å². The smallest absolute Gasteiger partial charge is 0.254 e. The predicted molar refractivity (Wildman–Crippen MR) is 71.0 cm³/mol. The van der Waals surface area contributed by atoms with Crippen LogP contribution in [0, 0.1) is 6.92 Å². The molecular weight excluding hydrogens is 257 g/mol. The van der Waals surface area contributed by atoms with Crippen LogP contribution in [0.1, 0.15) is 28.8 Å². The fourth-order valence-electron chi connectivity index (χ4n) is 2.05. The molecule has 1 aliphatic rings. The molecule has 0 N–H and O–H groups in total. The molecule has 1 fully saturated rings. The maximum absolute atomic E-state index is 12.3. The lowest BCUT2D eigenvalue weighted by atomic mass is 10.1. The highest BCUT2D eigenvalue weighted by molar-refractivity contribution is 6.31. The van der Waals surface area contributed by atoms with Crippen molar-refractivity contribution in [2.24, 2.45) is 0 Å². The third kappa shape index (κ3) is 2.93. The van der Waals surface area contributed by atoms with E-state index in [0.717, 1.165) is 31.5 Å². The molecule has 0 atom stereocenters. The molecule has 0 bridgehead atoms. The molecule has 0 unspecified atom stereocenters. The van der Waals surface area contributed by atoms with E-state index in [1.807, 2.05) is 17.9 Å². The quantitative estimate of drug-likeness (QED) is 0.716. The molecule has 1 amide bonds. The van der Waals surface area contributed by atoms with Crippen molar-refractivity contribution in [3.05, 3.63) is 34.3 Å². The van der Waals surface area contributed by atoms with Crippen molar-refractivity contribution in [2.45, 2.75) is 25.1 Å². The van der Waals surface area contributed by atoms with E-state index in [0.29, 0.717) is 10.6 Å². The van der Waals surface area contributed by atoms with E-state index in [1.54, 1.807) is 12.1 Å². The topological polar surface area (TPSA) is 20.3 Å². The lowest BCUT2D eigenvalue weighted by Gasteiger charge is -2.29. The average molecular weight is 272 g/mol. The Morgan fingerprint density at radius 1 is 1.35 bits per heavy atom. The van der Waals surface area contributed by atoms with Crippen molar-refractivity contribution >= 4 is 29.1 Å². The molecule has 0 aromatic heterocycles. The number of likely N-dealkylation sites (tertiary alicyclic amines) is 1. The summed E-state index contributed by atoms with van der Waals surface area (Å²) in [6, 6.07) is 5.43. The molecule has 1 heterocycles. The number of rotatable bonds is 1. The van der Waals surface area contributed by atoms with Crippen molar-refractivity contribution in [3.63, 3.8) is 0 Å². The fraction of sp³-hybridized carbons (Fsp3) is 0.462. The fourth-order valence-corrected chi connectivity index (χ4v) is 2.41. The lowest BCUT2D eigenvalue weighted by molar-refractivity contribution is 0.0726. The van der Waals surface area contributed by atoms with Crippen LogP contribution in [0.25, 0.3) is 0 Å².